The molecule has 0 aromatic carbocycles. The van der Waals surface area contributed by atoms with Crippen LogP contribution in [-0.2, 0) is 9.59 Å². The minimum atomic E-state index is -0.628. The van der Waals surface area contributed by atoms with E-state index < -0.39 is 11.8 Å². The van der Waals surface area contributed by atoms with E-state index in [4.69, 9.17) is 5.21 Å². The molecule has 2 amide bonds. The van der Waals surface area contributed by atoms with Crippen LogP contribution in [-0.4, -0.2) is 22.1 Å². The van der Waals surface area contributed by atoms with Crippen LogP contribution in [0.15, 0.2) is 11.6 Å². The number of carbonyl (C=O) groups is 2. The van der Waals surface area contributed by atoms with Gasteiger partial charge in [0.2, 0.25) is 0 Å². The topological polar surface area (TPSA) is 57.6 Å². The monoisotopic (exact) mass is 183 g/mol. The van der Waals surface area contributed by atoms with Crippen molar-refractivity contribution in [3.8, 4) is 0 Å². The predicted molar refractivity (Wildman–Crippen MR) is 45.9 cm³/mol. The van der Waals surface area contributed by atoms with Gasteiger partial charge in [0.25, 0.3) is 11.8 Å². The molecule has 0 atom stereocenters. The number of rotatable bonds is 4. The quantitative estimate of drug-likeness (QED) is 0.405. The Morgan fingerprint density at radius 2 is 2.08 bits per heavy atom. The third-order valence-electron chi connectivity index (χ3n) is 2.02. The van der Waals surface area contributed by atoms with E-state index in [1.54, 1.807) is 0 Å². The fourth-order valence-electron chi connectivity index (χ4n) is 1.25. The molecule has 72 valence electrons. The van der Waals surface area contributed by atoms with Crippen LogP contribution in [0.3, 0.4) is 0 Å². The van der Waals surface area contributed by atoms with E-state index >= 15 is 0 Å². The Morgan fingerprint density at radius 3 is 2.54 bits per heavy atom. The van der Waals surface area contributed by atoms with Gasteiger partial charge in [-0.3, -0.25) is 14.8 Å². The molecule has 0 fully saturated rings. The Balaban J connectivity index is 2.47. The molecule has 4 heteroatoms. The number of hydrogen-bond acceptors (Lipinski definition) is 3. The van der Waals surface area contributed by atoms with Gasteiger partial charge in [0, 0.05) is 11.6 Å². The van der Waals surface area contributed by atoms with Gasteiger partial charge >= 0.3 is 0 Å². The highest BCUT2D eigenvalue weighted by Gasteiger charge is 2.28. The van der Waals surface area contributed by atoms with Crippen LogP contribution >= 0.6 is 0 Å². The van der Waals surface area contributed by atoms with E-state index in [1.807, 2.05) is 0 Å². The van der Waals surface area contributed by atoms with Crippen molar-refractivity contribution in [3.63, 3.8) is 0 Å². The Morgan fingerprint density at radius 1 is 1.38 bits per heavy atom. The molecule has 0 spiro atoms. The molecule has 1 aliphatic heterocycles. The SMILES string of the molecule is CCCCCC1=CC(=O)N(O)C1=O. The minimum absolute atomic E-state index is 0.168. The second kappa shape index (κ2) is 4.18. The molecule has 0 aromatic heterocycles. The van der Waals surface area contributed by atoms with Crippen molar-refractivity contribution >= 4 is 11.8 Å². The molecule has 0 saturated heterocycles. The number of carbonyl (C=O) groups excluding carboxylic acids is 2. The molecule has 1 heterocycles. The summed E-state index contributed by atoms with van der Waals surface area (Å²) in [5.41, 5.74) is 0.418. The molecule has 0 bridgehead atoms. The van der Waals surface area contributed by atoms with Gasteiger partial charge in [-0.2, -0.15) is 0 Å². The number of nitrogens with zero attached hydrogens (tertiary/aromatic N) is 1. The van der Waals surface area contributed by atoms with E-state index in [9.17, 15) is 9.59 Å². The van der Waals surface area contributed by atoms with Gasteiger partial charge < -0.3 is 0 Å². The van der Waals surface area contributed by atoms with Crippen molar-refractivity contribution in [2.45, 2.75) is 32.6 Å². The number of unbranched alkanes of at least 4 members (excludes halogenated alkanes) is 2. The van der Waals surface area contributed by atoms with E-state index in [0.29, 0.717) is 12.0 Å². The Labute approximate surface area is 76.8 Å². The predicted octanol–water partition coefficient (Wildman–Crippen LogP) is 1.25. The molecule has 0 radical (unpaired) electrons. The van der Waals surface area contributed by atoms with Gasteiger partial charge in [0.15, 0.2) is 0 Å². The first-order chi connectivity index (χ1) is 6.16. The summed E-state index contributed by atoms with van der Waals surface area (Å²) < 4.78 is 0. The first kappa shape index (κ1) is 9.92. The zero-order valence-corrected chi connectivity index (χ0v) is 7.62. The Kier molecular flexibility index (Phi) is 3.19. The zero-order chi connectivity index (χ0) is 9.84. The first-order valence-electron chi connectivity index (χ1n) is 4.44. The largest absolute Gasteiger partial charge is 0.280 e. The van der Waals surface area contributed by atoms with Crippen molar-refractivity contribution in [2.75, 3.05) is 0 Å². The standard InChI is InChI=1S/C9H13NO3/c1-2-3-4-5-7-6-8(11)10(13)9(7)12/h6,13H,2-5H2,1H3. The highest BCUT2D eigenvalue weighted by atomic mass is 16.5. The summed E-state index contributed by atoms with van der Waals surface area (Å²) in [4.78, 5) is 21.9. The van der Waals surface area contributed by atoms with Crippen molar-refractivity contribution < 1.29 is 14.8 Å². The lowest BCUT2D eigenvalue weighted by molar-refractivity contribution is -0.169. The van der Waals surface area contributed by atoms with Crippen molar-refractivity contribution in [1.82, 2.24) is 5.06 Å². The highest BCUT2D eigenvalue weighted by Crippen LogP contribution is 2.16. The first-order valence-corrected chi connectivity index (χ1v) is 4.44. The fraction of sp³-hybridized carbons (Fsp3) is 0.556. The van der Waals surface area contributed by atoms with E-state index in [0.717, 1.165) is 19.3 Å². The average molecular weight is 183 g/mol. The van der Waals surface area contributed by atoms with Crippen LogP contribution < -0.4 is 0 Å². The van der Waals surface area contributed by atoms with Gasteiger partial charge in [-0.05, 0) is 12.8 Å². The Bertz CT molecular complexity index is 258. The smallest absolute Gasteiger partial charge is 0.278 e. The molecule has 4 nitrogen and oxygen atoms in total. The molecule has 0 aliphatic carbocycles. The van der Waals surface area contributed by atoms with Gasteiger partial charge in [0.05, 0.1) is 0 Å². The molecule has 0 aromatic rings. The summed E-state index contributed by atoms with van der Waals surface area (Å²) in [5, 5.41) is 9.04. The van der Waals surface area contributed by atoms with Crippen molar-refractivity contribution in [3.05, 3.63) is 11.6 Å². The number of hydroxylamine groups is 2. The number of amides is 2. The van der Waals surface area contributed by atoms with E-state index in [1.165, 1.54) is 6.08 Å². The maximum Gasteiger partial charge on any atom is 0.280 e. The van der Waals surface area contributed by atoms with Crippen molar-refractivity contribution in [2.24, 2.45) is 0 Å². The molecular formula is C9H13NO3. The third kappa shape index (κ3) is 2.15. The van der Waals surface area contributed by atoms with E-state index in [2.05, 4.69) is 6.92 Å². The molecule has 0 unspecified atom stereocenters. The molecule has 0 saturated carbocycles. The number of hydrogen-bond donors (Lipinski definition) is 1. The molecule has 1 rings (SSSR count). The van der Waals surface area contributed by atoms with Crippen molar-refractivity contribution in [1.29, 1.82) is 0 Å². The van der Waals surface area contributed by atoms with Crippen LogP contribution in [0.1, 0.15) is 32.6 Å². The second-order valence-electron chi connectivity index (χ2n) is 3.08. The normalized spacial score (nSPS) is 16.8. The van der Waals surface area contributed by atoms with Gasteiger partial charge in [-0.15, -0.1) is 5.06 Å². The summed E-state index contributed by atoms with van der Waals surface area (Å²) in [6.45, 7) is 2.06. The minimum Gasteiger partial charge on any atom is -0.278 e. The van der Waals surface area contributed by atoms with Crippen LogP contribution in [0.2, 0.25) is 0 Å². The molecule has 1 aliphatic rings. The lowest BCUT2D eigenvalue weighted by atomic mass is 10.1. The fourth-order valence-corrected chi connectivity index (χ4v) is 1.25. The molecule has 1 N–H and O–H groups in total. The summed E-state index contributed by atoms with van der Waals surface area (Å²) in [6, 6.07) is 0. The Hall–Kier alpha value is -1.16. The summed E-state index contributed by atoms with van der Waals surface area (Å²) in [6.07, 6.45) is 4.77. The van der Waals surface area contributed by atoms with Gasteiger partial charge in [-0.1, -0.05) is 19.8 Å². The van der Waals surface area contributed by atoms with Gasteiger partial charge in [0.1, 0.15) is 0 Å². The summed E-state index contributed by atoms with van der Waals surface area (Å²) in [7, 11) is 0. The second-order valence-corrected chi connectivity index (χ2v) is 3.08. The van der Waals surface area contributed by atoms with Crippen LogP contribution in [0.25, 0.3) is 0 Å². The summed E-state index contributed by atoms with van der Waals surface area (Å²) in [5.74, 6) is -1.20. The lowest BCUT2D eigenvalue weighted by Gasteiger charge is -2.03. The van der Waals surface area contributed by atoms with Crippen LogP contribution in [0.5, 0.6) is 0 Å². The van der Waals surface area contributed by atoms with E-state index in [-0.39, 0.29) is 5.06 Å². The zero-order valence-electron chi connectivity index (χ0n) is 7.62. The molecule has 13 heavy (non-hydrogen) atoms. The summed E-state index contributed by atoms with van der Waals surface area (Å²) >= 11 is 0. The van der Waals surface area contributed by atoms with Gasteiger partial charge in [-0.25, -0.2) is 0 Å². The maximum atomic E-state index is 11.1. The highest BCUT2D eigenvalue weighted by molar-refractivity contribution is 6.15. The average Bonchev–Trinajstić information content (AvgIpc) is 2.34. The third-order valence-corrected chi connectivity index (χ3v) is 2.02. The molecular weight excluding hydrogens is 170 g/mol. The maximum absolute atomic E-state index is 11.1. The lowest BCUT2D eigenvalue weighted by Crippen LogP contribution is -2.26. The van der Waals surface area contributed by atoms with Crippen LogP contribution in [0, 0.1) is 0 Å². The van der Waals surface area contributed by atoms with Crippen LogP contribution in [0.4, 0.5) is 0 Å². The number of imide groups is 1.